The minimum Gasteiger partial charge on any atom is -0.326 e. The van der Waals surface area contributed by atoms with Crippen molar-refractivity contribution in [1.29, 1.82) is 0 Å². The minimum atomic E-state index is -3.71. The van der Waals surface area contributed by atoms with Gasteiger partial charge in [-0.3, -0.25) is 9.48 Å². The van der Waals surface area contributed by atoms with Gasteiger partial charge in [-0.2, -0.15) is 9.40 Å². The van der Waals surface area contributed by atoms with Crippen LogP contribution in [0.1, 0.15) is 29.8 Å². The van der Waals surface area contributed by atoms with Crippen molar-refractivity contribution < 1.29 is 13.2 Å². The second-order valence-corrected chi connectivity index (χ2v) is 9.51. The maximum absolute atomic E-state index is 13.2. The maximum atomic E-state index is 13.2. The molecule has 2 heterocycles. The van der Waals surface area contributed by atoms with E-state index in [4.69, 9.17) is 11.6 Å². The number of nitrogens with zero attached hydrogens (tertiary/aromatic N) is 3. The fourth-order valence-corrected chi connectivity index (χ4v) is 5.71. The third-order valence-corrected chi connectivity index (χ3v) is 7.85. The predicted octanol–water partition coefficient (Wildman–Crippen LogP) is 3.04. The number of benzene rings is 1. The molecular formula is C19H25ClN4O3S. The summed E-state index contributed by atoms with van der Waals surface area (Å²) < 4.78 is 29.4. The fourth-order valence-electron chi connectivity index (χ4n) is 3.61. The molecule has 9 heteroatoms. The highest BCUT2D eigenvalue weighted by Gasteiger charge is 2.36. The number of sulfonamides is 1. The predicted molar refractivity (Wildman–Crippen MR) is 109 cm³/mol. The summed E-state index contributed by atoms with van der Waals surface area (Å²) in [6, 6.07) is 5.33. The van der Waals surface area contributed by atoms with Gasteiger partial charge in [0.1, 0.15) is 4.90 Å². The van der Waals surface area contributed by atoms with Crippen molar-refractivity contribution in [2.24, 2.45) is 13.0 Å². The Morgan fingerprint density at radius 1 is 1.29 bits per heavy atom. The Kier molecular flexibility index (Phi) is 5.84. The lowest BCUT2D eigenvalue weighted by Gasteiger charge is -2.31. The lowest BCUT2D eigenvalue weighted by atomic mass is 9.98. The standard InChI is InChI=1S/C19H25ClN4O3S/c1-12-16(20)8-5-9-17(12)21-19(25)15-7-6-10-24(11-15)28(26,27)18-13(2)22-23(4)14(18)3/h5,8-9,15H,6-7,10-11H2,1-4H3,(H,21,25)/t15-/m1/s1. The van der Waals surface area contributed by atoms with E-state index in [9.17, 15) is 13.2 Å². The molecule has 1 atom stereocenters. The molecule has 7 nitrogen and oxygen atoms in total. The monoisotopic (exact) mass is 424 g/mol. The van der Waals surface area contributed by atoms with Gasteiger partial charge in [0.2, 0.25) is 15.9 Å². The van der Waals surface area contributed by atoms with E-state index >= 15 is 0 Å². The van der Waals surface area contributed by atoms with Crippen molar-refractivity contribution in [2.45, 2.75) is 38.5 Å². The number of hydrogen-bond donors (Lipinski definition) is 1. The van der Waals surface area contributed by atoms with Crippen LogP contribution in [0, 0.1) is 26.7 Å². The fraction of sp³-hybridized carbons (Fsp3) is 0.474. The van der Waals surface area contributed by atoms with Crippen LogP contribution in [0.4, 0.5) is 5.69 Å². The van der Waals surface area contributed by atoms with Crippen molar-refractivity contribution >= 4 is 33.2 Å². The number of aromatic nitrogens is 2. The first-order valence-electron chi connectivity index (χ1n) is 9.19. The summed E-state index contributed by atoms with van der Waals surface area (Å²) >= 11 is 6.12. The molecule has 0 spiro atoms. The van der Waals surface area contributed by atoms with E-state index < -0.39 is 15.9 Å². The van der Waals surface area contributed by atoms with Gasteiger partial charge >= 0.3 is 0 Å². The van der Waals surface area contributed by atoms with E-state index in [1.54, 1.807) is 43.8 Å². The topological polar surface area (TPSA) is 84.3 Å². The molecule has 28 heavy (non-hydrogen) atoms. The summed E-state index contributed by atoms with van der Waals surface area (Å²) in [5, 5.41) is 7.69. The molecule has 2 aromatic rings. The lowest BCUT2D eigenvalue weighted by molar-refractivity contribution is -0.120. The number of carbonyl (C=O) groups is 1. The van der Waals surface area contributed by atoms with E-state index in [2.05, 4.69) is 10.4 Å². The molecular weight excluding hydrogens is 400 g/mol. The summed E-state index contributed by atoms with van der Waals surface area (Å²) in [4.78, 5) is 13.0. The van der Waals surface area contributed by atoms with Gasteiger partial charge in [-0.25, -0.2) is 8.42 Å². The maximum Gasteiger partial charge on any atom is 0.246 e. The average Bonchev–Trinajstić information content (AvgIpc) is 2.91. The molecule has 3 rings (SSSR count). The first-order chi connectivity index (χ1) is 13.1. The summed E-state index contributed by atoms with van der Waals surface area (Å²) in [6.07, 6.45) is 1.27. The van der Waals surface area contributed by atoms with Crippen LogP contribution in [0.2, 0.25) is 5.02 Å². The van der Waals surface area contributed by atoms with E-state index in [1.165, 1.54) is 4.31 Å². The van der Waals surface area contributed by atoms with E-state index in [0.29, 0.717) is 41.5 Å². The highest BCUT2D eigenvalue weighted by Crippen LogP contribution is 2.29. The van der Waals surface area contributed by atoms with Crippen LogP contribution in [-0.2, 0) is 21.9 Å². The molecule has 0 saturated carbocycles. The van der Waals surface area contributed by atoms with Crippen LogP contribution in [0.25, 0.3) is 0 Å². The van der Waals surface area contributed by atoms with Gasteiger partial charge in [0.15, 0.2) is 0 Å². The van der Waals surface area contributed by atoms with Crippen molar-refractivity contribution in [3.63, 3.8) is 0 Å². The van der Waals surface area contributed by atoms with Gasteiger partial charge in [0.05, 0.1) is 17.3 Å². The minimum absolute atomic E-state index is 0.154. The van der Waals surface area contributed by atoms with Crippen molar-refractivity contribution in [1.82, 2.24) is 14.1 Å². The Hall–Kier alpha value is -1.90. The normalized spacial score (nSPS) is 18.2. The van der Waals surface area contributed by atoms with Crippen LogP contribution in [0.5, 0.6) is 0 Å². The van der Waals surface area contributed by atoms with E-state index in [-0.39, 0.29) is 17.3 Å². The van der Waals surface area contributed by atoms with Crippen LogP contribution in [0.3, 0.4) is 0 Å². The van der Waals surface area contributed by atoms with Gasteiger partial charge in [-0.05, 0) is 51.3 Å². The van der Waals surface area contributed by atoms with Crippen LogP contribution in [0.15, 0.2) is 23.1 Å². The van der Waals surface area contributed by atoms with Crippen molar-refractivity contribution in [3.05, 3.63) is 40.2 Å². The first-order valence-corrected chi connectivity index (χ1v) is 11.0. The quantitative estimate of drug-likeness (QED) is 0.817. The highest BCUT2D eigenvalue weighted by atomic mass is 35.5. The van der Waals surface area contributed by atoms with E-state index in [1.807, 2.05) is 6.92 Å². The van der Waals surface area contributed by atoms with Gasteiger partial charge in [0, 0.05) is 30.8 Å². The Morgan fingerprint density at radius 2 is 2.00 bits per heavy atom. The number of piperidine rings is 1. The zero-order valence-corrected chi connectivity index (χ0v) is 18.1. The van der Waals surface area contributed by atoms with Crippen molar-refractivity contribution in [2.75, 3.05) is 18.4 Å². The number of anilines is 1. The number of carbonyl (C=O) groups excluding carboxylic acids is 1. The molecule has 1 aliphatic heterocycles. The smallest absolute Gasteiger partial charge is 0.246 e. The highest BCUT2D eigenvalue weighted by molar-refractivity contribution is 7.89. The van der Waals surface area contributed by atoms with Gasteiger partial charge in [-0.15, -0.1) is 0 Å². The van der Waals surface area contributed by atoms with Gasteiger partial charge in [0.25, 0.3) is 0 Å². The molecule has 0 unspecified atom stereocenters. The molecule has 0 bridgehead atoms. The molecule has 1 aromatic heterocycles. The summed E-state index contributed by atoms with van der Waals surface area (Å²) in [5.74, 6) is -0.607. The number of halogens is 1. The zero-order chi connectivity index (χ0) is 20.6. The molecule has 1 N–H and O–H groups in total. The van der Waals surface area contributed by atoms with Crippen LogP contribution >= 0.6 is 11.6 Å². The first kappa shape index (κ1) is 20.8. The van der Waals surface area contributed by atoms with Gasteiger partial charge < -0.3 is 5.32 Å². The molecule has 1 fully saturated rings. The second-order valence-electron chi connectivity index (χ2n) is 7.23. The Bertz CT molecular complexity index is 1020. The average molecular weight is 425 g/mol. The number of amides is 1. The Balaban J connectivity index is 1.80. The third-order valence-electron chi connectivity index (χ3n) is 5.32. The SMILES string of the molecule is Cc1nn(C)c(C)c1S(=O)(=O)N1CCC[C@@H](C(=O)Nc2cccc(Cl)c2C)C1. The Morgan fingerprint density at radius 3 is 2.64 bits per heavy atom. The number of hydrogen-bond acceptors (Lipinski definition) is 4. The number of rotatable bonds is 4. The van der Waals surface area contributed by atoms with E-state index in [0.717, 1.165) is 5.56 Å². The van der Waals surface area contributed by atoms with Crippen LogP contribution in [-0.4, -0.2) is 41.5 Å². The molecule has 0 aliphatic carbocycles. The third kappa shape index (κ3) is 3.81. The molecule has 1 aromatic carbocycles. The molecule has 1 amide bonds. The zero-order valence-electron chi connectivity index (χ0n) is 16.5. The molecule has 1 aliphatic rings. The lowest BCUT2D eigenvalue weighted by Crippen LogP contribution is -2.44. The number of aryl methyl sites for hydroxylation is 2. The molecule has 152 valence electrons. The molecule has 0 radical (unpaired) electrons. The Labute approximate surface area is 170 Å². The molecule has 1 saturated heterocycles. The number of nitrogens with one attached hydrogen (secondary N) is 1. The second kappa shape index (κ2) is 7.85. The summed E-state index contributed by atoms with van der Waals surface area (Å²) in [7, 11) is -1.98. The van der Waals surface area contributed by atoms with Gasteiger partial charge in [-0.1, -0.05) is 17.7 Å². The largest absolute Gasteiger partial charge is 0.326 e. The summed E-state index contributed by atoms with van der Waals surface area (Å²) in [5.41, 5.74) is 2.51. The van der Waals surface area contributed by atoms with Crippen LogP contribution < -0.4 is 5.32 Å². The summed E-state index contributed by atoms with van der Waals surface area (Å²) in [6.45, 7) is 5.82. The van der Waals surface area contributed by atoms with Crippen molar-refractivity contribution in [3.8, 4) is 0 Å².